The monoisotopic (exact) mass is 355 g/mol. The summed E-state index contributed by atoms with van der Waals surface area (Å²) in [4.78, 5) is 22.9. The molecular formula is C19H23N4O3. The maximum atomic E-state index is 11.7. The van der Waals surface area contributed by atoms with E-state index in [0.29, 0.717) is 12.5 Å². The van der Waals surface area contributed by atoms with Crippen LogP contribution in [0.1, 0.15) is 18.4 Å². The maximum Gasteiger partial charge on any atom is 0.234 e. The van der Waals surface area contributed by atoms with E-state index in [4.69, 9.17) is 15.2 Å². The van der Waals surface area contributed by atoms with Crippen molar-refractivity contribution in [2.24, 2.45) is 11.7 Å². The molecule has 137 valence electrons. The first-order valence-electron chi connectivity index (χ1n) is 8.96. The van der Waals surface area contributed by atoms with Gasteiger partial charge in [-0.1, -0.05) is 0 Å². The number of primary amides is 1. The molecule has 1 amide bonds. The Hall–Kier alpha value is -2.41. The van der Waals surface area contributed by atoms with Crippen molar-refractivity contribution in [3.63, 3.8) is 0 Å². The van der Waals surface area contributed by atoms with Gasteiger partial charge < -0.3 is 15.2 Å². The molecule has 2 aromatic rings. The van der Waals surface area contributed by atoms with E-state index in [1.165, 1.54) is 0 Å². The first-order valence-corrected chi connectivity index (χ1v) is 8.96. The normalized spacial score (nSPS) is 23.3. The molecule has 0 spiro atoms. The van der Waals surface area contributed by atoms with E-state index in [-0.39, 0.29) is 17.9 Å². The summed E-state index contributed by atoms with van der Waals surface area (Å²) in [5.41, 5.74) is 8.30. The summed E-state index contributed by atoms with van der Waals surface area (Å²) in [5.74, 6) is 1.38. The summed E-state index contributed by atoms with van der Waals surface area (Å²) in [7, 11) is 1.60. The fourth-order valence-electron chi connectivity index (χ4n) is 3.87. The number of amides is 1. The lowest BCUT2D eigenvalue weighted by molar-refractivity contribution is -0.124. The molecule has 7 heteroatoms. The second-order valence-electron chi connectivity index (χ2n) is 6.93. The van der Waals surface area contributed by atoms with Gasteiger partial charge in [-0.3, -0.25) is 14.7 Å². The number of nitrogens with two attached hydrogens (primary N) is 1. The quantitative estimate of drug-likeness (QED) is 0.890. The predicted octanol–water partition coefficient (Wildman–Crippen LogP) is 1.34. The zero-order valence-electron chi connectivity index (χ0n) is 14.9. The van der Waals surface area contributed by atoms with Crippen LogP contribution in [0.3, 0.4) is 0 Å². The molecule has 0 aromatic carbocycles. The molecular weight excluding hydrogens is 332 g/mol. The lowest BCUT2D eigenvalue weighted by Gasteiger charge is -2.37. The number of piperidine rings is 1. The lowest BCUT2D eigenvalue weighted by atomic mass is 9.93. The lowest BCUT2D eigenvalue weighted by Crippen LogP contribution is -2.50. The molecule has 4 heterocycles. The summed E-state index contributed by atoms with van der Waals surface area (Å²) in [6, 6.07) is 3.51. The van der Waals surface area contributed by atoms with E-state index < -0.39 is 0 Å². The Kier molecular flexibility index (Phi) is 4.63. The van der Waals surface area contributed by atoms with E-state index in [1.807, 2.05) is 12.1 Å². The van der Waals surface area contributed by atoms with Crippen LogP contribution in [0.2, 0.25) is 0 Å². The molecule has 0 aliphatic carbocycles. The summed E-state index contributed by atoms with van der Waals surface area (Å²) in [6.07, 6.45) is 6.46. The van der Waals surface area contributed by atoms with Crippen LogP contribution in [0.25, 0.3) is 11.0 Å². The Balaban J connectivity index is 1.58. The summed E-state index contributed by atoms with van der Waals surface area (Å²) in [5, 5.41) is 0. The van der Waals surface area contributed by atoms with Crippen LogP contribution in [0.4, 0.5) is 0 Å². The van der Waals surface area contributed by atoms with Crippen molar-refractivity contribution < 1.29 is 14.3 Å². The van der Waals surface area contributed by atoms with Gasteiger partial charge in [-0.05, 0) is 38.3 Å². The van der Waals surface area contributed by atoms with Crippen LogP contribution in [0.15, 0.2) is 18.3 Å². The van der Waals surface area contributed by atoms with Crippen molar-refractivity contribution in [3.8, 4) is 11.6 Å². The van der Waals surface area contributed by atoms with Gasteiger partial charge >= 0.3 is 0 Å². The maximum absolute atomic E-state index is 11.7. The Morgan fingerprint density at radius 3 is 3.15 bits per heavy atom. The molecule has 2 aliphatic heterocycles. The fourth-order valence-corrected chi connectivity index (χ4v) is 3.87. The second kappa shape index (κ2) is 7.07. The third-order valence-corrected chi connectivity index (χ3v) is 5.20. The highest BCUT2D eigenvalue weighted by Crippen LogP contribution is 2.33. The van der Waals surface area contributed by atoms with Gasteiger partial charge in [0.2, 0.25) is 11.8 Å². The third kappa shape index (κ3) is 3.19. The van der Waals surface area contributed by atoms with Crippen molar-refractivity contribution in [1.29, 1.82) is 0 Å². The largest absolute Gasteiger partial charge is 0.491 e. The van der Waals surface area contributed by atoms with Crippen molar-refractivity contribution in [2.45, 2.75) is 25.3 Å². The van der Waals surface area contributed by atoms with Gasteiger partial charge in [0.05, 0.1) is 37.0 Å². The van der Waals surface area contributed by atoms with Crippen molar-refractivity contribution in [1.82, 2.24) is 14.9 Å². The van der Waals surface area contributed by atoms with Gasteiger partial charge in [-0.2, -0.15) is 0 Å². The first-order chi connectivity index (χ1) is 12.7. The van der Waals surface area contributed by atoms with Crippen molar-refractivity contribution >= 4 is 16.9 Å². The van der Waals surface area contributed by atoms with E-state index in [2.05, 4.69) is 21.3 Å². The molecule has 2 aromatic heterocycles. The highest BCUT2D eigenvalue weighted by molar-refractivity contribution is 5.81. The van der Waals surface area contributed by atoms with Gasteiger partial charge in [0, 0.05) is 24.1 Å². The molecule has 26 heavy (non-hydrogen) atoms. The van der Waals surface area contributed by atoms with Crippen LogP contribution < -0.4 is 15.2 Å². The summed E-state index contributed by atoms with van der Waals surface area (Å²) >= 11 is 0. The van der Waals surface area contributed by atoms with Crippen LogP contribution in [0.5, 0.6) is 11.6 Å². The molecule has 4 rings (SSSR count). The number of methoxy groups -OCH3 is 1. The number of hydrogen-bond donors (Lipinski definition) is 1. The highest BCUT2D eigenvalue weighted by atomic mass is 16.5. The number of carbonyl (C=O) groups is 1. The molecule has 2 N–H and O–H groups in total. The van der Waals surface area contributed by atoms with Gasteiger partial charge in [0.1, 0.15) is 5.75 Å². The molecule has 1 fully saturated rings. The molecule has 2 unspecified atom stereocenters. The number of carbonyl (C=O) groups excluding carboxylic acids is 1. The predicted molar refractivity (Wildman–Crippen MR) is 96.9 cm³/mol. The number of rotatable bonds is 4. The van der Waals surface area contributed by atoms with E-state index in [0.717, 1.165) is 54.7 Å². The van der Waals surface area contributed by atoms with Gasteiger partial charge in [0.25, 0.3) is 0 Å². The molecule has 1 radical (unpaired) electrons. The first kappa shape index (κ1) is 17.0. The van der Waals surface area contributed by atoms with E-state index in [9.17, 15) is 4.79 Å². The highest BCUT2D eigenvalue weighted by Gasteiger charge is 2.31. The van der Waals surface area contributed by atoms with Crippen molar-refractivity contribution in [2.75, 3.05) is 26.8 Å². The minimum atomic E-state index is -0.251. The summed E-state index contributed by atoms with van der Waals surface area (Å²) in [6.45, 7) is 2.25. The topological polar surface area (TPSA) is 90.6 Å². The van der Waals surface area contributed by atoms with Crippen LogP contribution in [0, 0.1) is 12.3 Å². The molecule has 7 nitrogen and oxygen atoms in total. The zero-order chi connectivity index (χ0) is 18.1. The van der Waals surface area contributed by atoms with Crippen molar-refractivity contribution in [3.05, 3.63) is 30.3 Å². The van der Waals surface area contributed by atoms with E-state index in [1.54, 1.807) is 13.3 Å². The fraction of sp³-hybridized carbons (Fsp3) is 0.474. The Bertz CT molecular complexity index is 821. The van der Waals surface area contributed by atoms with Gasteiger partial charge in [-0.25, -0.2) is 4.98 Å². The third-order valence-electron chi connectivity index (χ3n) is 5.20. The number of aromatic nitrogens is 2. The van der Waals surface area contributed by atoms with E-state index >= 15 is 0 Å². The average molecular weight is 355 g/mol. The molecule has 1 saturated heterocycles. The van der Waals surface area contributed by atoms with Gasteiger partial charge in [0.15, 0.2) is 0 Å². The molecule has 0 saturated carbocycles. The SMILES string of the molecule is COc1ccc2ncc3c(c2n1)CC(CN1CC[CH]CC1C(N)=O)CO3. The molecule has 0 bridgehead atoms. The van der Waals surface area contributed by atoms with Crippen LogP contribution in [-0.4, -0.2) is 53.6 Å². The van der Waals surface area contributed by atoms with Gasteiger partial charge in [-0.15, -0.1) is 0 Å². The Labute approximate surface area is 152 Å². The Morgan fingerprint density at radius 1 is 1.46 bits per heavy atom. The number of nitrogens with zero attached hydrogens (tertiary/aromatic N) is 3. The number of ether oxygens (including phenoxy) is 2. The minimum absolute atomic E-state index is 0.211. The smallest absolute Gasteiger partial charge is 0.234 e. The Morgan fingerprint density at radius 2 is 2.35 bits per heavy atom. The number of pyridine rings is 2. The van der Waals surface area contributed by atoms with Crippen LogP contribution >= 0.6 is 0 Å². The second-order valence-corrected chi connectivity index (χ2v) is 6.93. The number of likely N-dealkylation sites (tertiary alicyclic amines) is 1. The van der Waals surface area contributed by atoms with Crippen LogP contribution in [-0.2, 0) is 11.2 Å². The standard InChI is InChI=1S/C19H23N4O3/c1-25-17-6-5-14-18(22-17)13-8-12(11-26-16(13)9-21-14)10-23-7-3-2-4-15(23)19(20)24/h2,5-6,9,12,15H,3-4,7-8,10-11H2,1H3,(H2,20,24). The number of fused-ring (bicyclic) bond motifs is 3. The summed E-state index contributed by atoms with van der Waals surface area (Å²) < 4.78 is 11.2. The number of hydrogen-bond acceptors (Lipinski definition) is 6. The zero-order valence-corrected chi connectivity index (χ0v) is 14.9. The molecule has 2 aliphatic rings. The minimum Gasteiger partial charge on any atom is -0.491 e. The average Bonchev–Trinajstić information content (AvgIpc) is 2.67. The molecule has 2 atom stereocenters.